The molecular weight excluding hydrogens is 300 g/mol. The highest BCUT2D eigenvalue weighted by Gasteiger charge is 2.50. The maximum Gasteiger partial charge on any atom is 0.228 e. The average Bonchev–Trinajstić information content (AvgIpc) is 3.19. The van der Waals surface area contributed by atoms with Gasteiger partial charge >= 0.3 is 0 Å². The molecule has 1 saturated carbocycles. The highest BCUT2D eigenvalue weighted by Crippen LogP contribution is 2.44. The number of aromatic nitrogens is 2. The maximum absolute atomic E-state index is 13.1. The molecule has 2 fully saturated rings. The van der Waals surface area contributed by atoms with Crippen molar-refractivity contribution in [2.75, 3.05) is 13.1 Å². The molecule has 132 valence electrons. The van der Waals surface area contributed by atoms with Gasteiger partial charge in [-0.05, 0) is 57.6 Å². The molecule has 1 aliphatic heterocycles. The SMILES string of the molecule is CC(C)n1cc2c(n1)CC(NC(=O)[C@@]13CCCC[C@H]1CNC3)CC2. The first-order chi connectivity index (χ1) is 11.6. The zero-order valence-corrected chi connectivity index (χ0v) is 15.0. The van der Waals surface area contributed by atoms with E-state index in [9.17, 15) is 4.79 Å². The van der Waals surface area contributed by atoms with Crippen LogP contribution in [0.3, 0.4) is 0 Å². The molecule has 1 aromatic rings. The number of nitrogens with one attached hydrogen (secondary N) is 2. The third kappa shape index (κ3) is 2.67. The molecule has 5 heteroatoms. The fraction of sp³-hybridized carbons (Fsp3) is 0.789. The molecule has 1 unspecified atom stereocenters. The second kappa shape index (κ2) is 6.17. The van der Waals surface area contributed by atoms with Crippen LogP contribution in [0.4, 0.5) is 0 Å². The zero-order chi connectivity index (χ0) is 16.7. The van der Waals surface area contributed by atoms with E-state index in [0.717, 1.165) is 38.8 Å². The normalized spacial score (nSPS) is 32.5. The Balaban J connectivity index is 1.45. The van der Waals surface area contributed by atoms with Gasteiger partial charge < -0.3 is 10.6 Å². The first kappa shape index (κ1) is 16.1. The van der Waals surface area contributed by atoms with E-state index in [1.54, 1.807) is 0 Å². The van der Waals surface area contributed by atoms with E-state index in [2.05, 4.69) is 35.4 Å². The van der Waals surface area contributed by atoms with Gasteiger partial charge in [-0.15, -0.1) is 0 Å². The van der Waals surface area contributed by atoms with Gasteiger partial charge in [0.25, 0.3) is 0 Å². The molecule has 0 aromatic carbocycles. The summed E-state index contributed by atoms with van der Waals surface area (Å²) >= 11 is 0. The molecule has 2 N–H and O–H groups in total. The minimum Gasteiger partial charge on any atom is -0.352 e. The van der Waals surface area contributed by atoms with Crippen LogP contribution in [0.5, 0.6) is 0 Å². The summed E-state index contributed by atoms with van der Waals surface area (Å²) < 4.78 is 2.06. The number of aryl methyl sites for hydroxylation is 1. The highest BCUT2D eigenvalue weighted by atomic mass is 16.2. The van der Waals surface area contributed by atoms with Gasteiger partial charge in [-0.2, -0.15) is 5.10 Å². The smallest absolute Gasteiger partial charge is 0.228 e. The van der Waals surface area contributed by atoms with E-state index in [0.29, 0.717) is 17.9 Å². The van der Waals surface area contributed by atoms with Crippen molar-refractivity contribution in [1.29, 1.82) is 0 Å². The van der Waals surface area contributed by atoms with Crippen LogP contribution in [0.25, 0.3) is 0 Å². The van der Waals surface area contributed by atoms with Gasteiger partial charge in [0.1, 0.15) is 0 Å². The summed E-state index contributed by atoms with van der Waals surface area (Å²) in [5.74, 6) is 0.833. The predicted octanol–water partition coefficient (Wildman–Crippen LogP) is 2.22. The summed E-state index contributed by atoms with van der Waals surface area (Å²) in [6.07, 6.45) is 9.87. The maximum atomic E-state index is 13.1. The molecule has 4 rings (SSSR count). The van der Waals surface area contributed by atoms with Crippen LogP contribution in [0, 0.1) is 11.3 Å². The Labute approximate surface area is 144 Å². The second-order valence-electron chi connectivity index (χ2n) is 8.32. The molecule has 2 aliphatic carbocycles. The third-order valence-corrected chi connectivity index (χ3v) is 6.45. The van der Waals surface area contributed by atoms with Gasteiger partial charge in [-0.3, -0.25) is 9.48 Å². The molecular formula is C19H30N4O. The van der Waals surface area contributed by atoms with Crippen molar-refractivity contribution in [3.63, 3.8) is 0 Å². The minimum atomic E-state index is -0.143. The average molecular weight is 330 g/mol. The van der Waals surface area contributed by atoms with Crippen LogP contribution in [-0.2, 0) is 17.6 Å². The summed E-state index contributed by atoms with van der Waals surface area (Å²) in [5.41, 5.74) is 2.41. The van der Waals surface area contributed by atoms with Crippen LogP contribution in [-0.4, -0.2) is 34.8 Å². The first-order valence-corrected chi connectivity index (χ1v) is 9.67. The zero-order valence-electron chi connectivity index (χ0n) is 15.0. The van der Waals surface area contributed by atoms with Crippen molar-refractivity contribution in [1.82, 2.24) is 20.4 Å². The lowest BCUT2D eigenvalue weighted by molar-refractivity contribution is -0.134. The number of nitrogens with zero attached hydrogens (tertiary/aromatic N) is 2. The van der Waals surface area contributed by atoms with Gasteiger partial charge in [0.2, 0.25) is 5.91 Å². The molecule has 2 heterocycles. The van der Waals surface area contributed by atoms with Crippen molar-refractivity contribution in [3.05, 3.63) is 17.5 Å². The molecule has 1 saturated heterocycles. The van der Waals surface area contributed by atoms with E-state index < -0.39 is 0 Å². The van der Waals surface area contributed by atoms with E-state index in [-0.39, 0.29) is 11.5 Å². The van der Waals surface area contributed by atoms with Crippen LogP contribution in [0.2, 0.25) is 0 Å². The Kier molecular flexibility index (Phi) is 4.15. The Bertz CT molecular complexity index is 623. The number of hydrogen-bond donors (Lipinski definition) is 2. The van der Waals surface area contributed by atoms with Crippen molar-refractivity contribution in [2.45, 2.75) is 70.9 Å². The molecule has 1 aromatic heterocycles. The number of hydrogen-bond acceptors (Lipinski definition) is 3. The van der Waals surface area contributed by atoms with E-state index in [1.165, 1.54) is 30.5 Å². The summed E-state index contributed by atoms with van der Waals surface area (Å²) in [6.45, 7) is 6.20. The molecule has 5 nitrogen and oxygen atoms in total. The summed E-state index contributed by atoms with van der Waals surface area (Å²) in [7, 11) is 0. The Morgan fingerprint density at radius 3 is 3.12 bits per heavy atom. The van der Waals surface area contributed by atoms with Gasteiger partial charge in [-0.1, -0.05) is 12.8 Å². The molecule has 0 spiro atoms. The Morgan fingerprint density at radius 1 is 1.42 bits per heavy atom. The lowest BCUT2D eigenvalue weighted by Crippen LogP contribution is -2.51. The monoisotopic (exact) mass is 330 g/mol. The molecule has 24 heavy (non-hydrogen) atoms. The second-order valence-corrected chi connectivity index (χ2v) is 8.32. The number of amides is 1. The number of fused-ring (bicyclic) bond motifs is 2. The van der Waals surface area contributed by atoms with Gasteiger partial charge in [0.05, 0.1) is 11.1 Å². The van der Waals surface area contributed by atoms with E-state index in [4.69, 9.17) is 5.10 Å². The standard InChI is InChI=1S/C19H30N4O/c1-13(2)23-11-14-6-7-16(9-17(14)22-23)21-18(24)19-8-4-3-5-15(19)10-20-12-19/h11,13,15-16,20H,3-10,12H2,1-2H3,(H,21,24)/t15-,16?,19+/m0/s1. The largest absolute Gasteiger partial charge is 0.352 e. The number of rotatable bonds is 3. The molecule has 0 radical (unpaired) electrons. The van der Waals surface area contributed by atoms with Crippen molar-refractivity contribution < 1.29 is 4.79 Å². The van der Waals surface area contributed by atoms with Crippen LogP contribution < -0.4 is 10.6 Å². The number of carbonyl (C=O) groups is 1. The van der Waals surface area contributed by atoms with Crippen LogP contribution in [0.15, 0.2) is 6.20 Å². The fourth-order valence-corrected chi connectivity index (χ4v) is 4.92. The molecule has 0 bridgehead atoms. The van der Waals surface area contributed by atoms with E-state index in [1.807, 2.05) is 0 Å². The molecule has 3 aliphatic rings. The van der Waals surface area contributed by atoms with Crippen molar-refractivity contribution in [3.8, 4) is 0 Å². The lowest BCUT2D eigenvalue weighted by Gasteiger charge is -2.38. The Hall–Kier alpha value is -1.36. The summed E-state index contributed by atoms with van der Waals surface area (Å²) in [5, 5.41) is 11.6. The van der Waals surface area contributed by atoms with Crippen LogP contribution in [0.1, 0.15) is 63.3 Å². The first-order valence-electron chi connectivity index (χ1n) is 9.67. The highest BCUT2D eigenvalue weighted by molar-refractivity contribution is 5.84. The summed E-state index contributed by atoms with van der Waals surface area (Å²) in [6, 6.07) is 0.646. The molecule has 3 atom stereocenters. The van der Waals surface area contributed by atoms with E-state index >= 15 is 0 Å². The minimum absolute atomic E-state index is 0.143. The van der Waals surface area contributed by atoms with Gasteiger partial charge in [-0.25, -0.2) is 0 Å². The van der Waals surface area contributed by atoms with Crippen molar-refractivity contribution >= 4 is 5.91 Å². The summed E-state index contributed by atoms with van der Waals surface area (Å²) in [4.78, 5) is 13.1. The predicted molar refractivity (Wildman–Crippen MR) is 93.8 cm³/mol. The van der Waals surface area contributed by atoms with Crippen LogP contribution >= 0.6 is 0 Å². The Morgan fingerprint density at radius 2 is 2.29 bits per heavy atom. The lowest BCUT2D eigenvalue weighted by atomic mass is 9.67. The topological polar surface area (TPSA) is 59.0 Å². The quantitative estimate of drug-likeness (QED) is 0.893. The number of carbonyl (C=O) groups excluding carboxylic acids is 1. The van der Waals surface area contributed by atoms with Crippen molar-refractivity contribution in [2.24, 2.45) is 11.3 Å². The van der Waals surface area contributed by atoms with Gasteiger partial charge in [0.15, 0.2) is 0 Å². The van der Waals surface area contributed by atoms with Gasteiger partial charge in [0, 0.05) is 31.2 Å². The third-order valence-electron chi connectivity index (χ3n) is 6.45. The molecule has 1 amide bonds. The fourth-order valence-electron chi connectivity index (χ4n) is 4.92.